The molecule has 2 aromatic rings. The topological polar surface area (TPSA) is 29.1 Å². The zero-order valence-electron chi connectivity index (χ0n) is 11.2. The molecular formula is C16H11F4NO. The van der Waals surface area contributed by atoms with Crippen molar-refractivity contribution in [1.82, 2.24) is 0 Å². The van der Waals surface area contributed by atoms with E-state index in [0.717, 1.165) is 18.2 Å². The smallest absolute Gasteiger partial charge is 0.322 e. The number of halogens is 4. The average molecular weight is 309 g/mol. The summed E-state index contributed by atoms with van der Waals surface area (Å²) in [5.41, 5.74) is -0.828. The van der Waals surface area contributed by atoms with Crippen molar-refractivity contribution < 1.29 is 22.4 Å². The fourth-order valence-electron chi connectivity index (χ4n) is 1.80. The first kappa shape index (κ1) is 15.8. The van der Waals surface area contributed by atoms with Crippen molar-refractivity contribution in [2.45, 2.75) is 6.18 Å². The van der Waals surface area contributed by atoms with Gasteiger partial charge in [0.25, 0.3) is 0 Å². The maximum Gasteiger partial charge on any atom is 0.418 e. The third-order valence-corrected chi connectivity index (χ3v) is 2.77. The molecule has 0 bridgehead atoms. The van der Waals surface area contributed by atoms with E-state index in [1.165, 1.54) is 36.4 Å². The van der Waals surface area contributed by atoms with Crippen molar-refractivity contribution in [3.63, 3.8) is 0 Å². The largest absolute Gasteiger partial charge is 0.418 e. The first-order valence-corrected chi connectivity index (χ1v) is 6.27. The lowest BCUT2D eigenvalue weighted by Crippen LogP contribution is -2.14. The zero-order chi connectivity index (χ0) is 16.2. The molecule has 0 aliphatic rings. The van der Waals surface area contributed by atoms with Gasteiger partial charge in [-0.1, -0.05) is 24.3 Å². The molecule has 0 atom stereocenters. The van der Waals surface area contributed by atoms with E-state index in [1.807, 2.05) is 0 Å². The number of rotatable bonds is 3. The van der Waals surface area contributed by atoms with E-state index in [0.29, 0.717) is 5.56 Å². The molecule has 1 amide bonds. The molecule has 0 saturated carbocycles. The summed E-state index contributed by atoms with van der Waals surface area (Å²) in [6.45, 7) is 0. The minimum atomic E-state index is -4.56. The van der Waals surface area contributed by atoms with Crippen LogP contribution in [0.15, 0.2) is 54.6 Å². The molecule has 0 aliphatic heterocycles. The van der Waals surface area contributed by atoms with Gasteiger partial charge in [-0.15, -0.1) is 0 Å². The van der Waals surface area contributed by atoms with Gasteiger partial charge in [0.05, 0.1) is 11.3 Å². The quantitative estimate of drug-likeness (QED) is 0.656. The molecule has 1 N–H and O–H groups in total. The van der Waals surface area contributed by atoms with Gasteiger partial charge >= 0.3 is 6.18 Å². The van der Waals surface area contributed by atoms with Crippen LogP contribution in [-0.4, -0.2) is 5.91 Å². The van der Waals surface area contributed by atoms with Gasteiger partial charge in [0.1, 0.15) is 5.82 Å². The van der Waals surface area contributed by atoms with Crippen LogP contribution in [0.2, 0.25) is 0 Å². The van der Waals surface area contributed by atoms with Crippen molar-refractivity contribution in [2.75, 3.05) is 5.32 Å². The van der Waals surface area contributed by atoms with E-state index in [9.17, 15) is 22.4 Å². The van der Waals surface area contributed by atoms with Crippen LogP contribution < -0.4 is 5.32 Å². The molecule has 2 nitrogen and oxygen atoms in total. The predicted molar refractivity (Wildman–Crippen MR) is 75.5 cm³/mol. The maximum atomic E-state index is 13.0. The highest BCUT2D eigenvalue weighted by Crippen LogP contribution is 2.34. The first-order chi connectivity index (χ1) is 10.4. The van der Waals surface area contributed by atoms with Gasteiger partial charge in [-0.2, -0.15) is 13.2 Å². The van der Waals surface area contributed by atoms with E-state index in [2.05, 4.69) is 5.32 Å². The molecule has 2 rings (SSSR count). The molecule has 114 valence electrons. The number of alkyl halides is 3. The van der Waals surface area contributed by atoms with Crippen LogP contribution in [0.3, 0.4) is 0 Å². The molecule has 22 heavy (non-hydrogen) atoms. The summed E-state index contributed by atoms with van der Waals surface area (Å²) in [5, 5.41) is 2.16. The summed E-state index contributed by atoms with van der Waals surface area (Å²) in [6.07, 6.45) is -2.20. The van der Waals surface area contributed by atoms with E-state index in [-0.39, 0.29) is 5.69 Å². The molecule has 0 unspecified atom stereocenters. The highest BCUT2D eigenvalue weighted by atomic mass is 19.4. The summed E-state index contributed by atoms with van der Waals surface area (Å²) >= 11 is 0. The predicted octanol–water partition coefficient (Wildman–Crippen LogP) is 4.50. The molecule has 6 heteroatoms. The minimum Gasteiger partial charge on any atom is -0.322 e. The standard InChI is InChI=1S/C16H11F4NO/c17-12-5-3-4-11(10-12)8-9-15(22)21-14-7-2-1-6-13(14)16(18,19)20/h1-10H,(H,21,22)/b9-8+. The van der Waals surface area contributed by atoms with Gasteiger partial charge in [-0.05, 0) is 35.9 Å². The Morgan fingerprint density at radius 2 is 1.77 bits per heavy atom. The molecule has 0 fully saturated rings. The molecule has 0 spiro atoms. The Hall–Kier alpha value is -2.63. The number of benzene rings is 2. The van der Waals surface area contributed by atoms with E-state index in [1.54, 1.807) is 6.07 Å². The number of nitrogens with one attached hydrogen (secondary N) is 1. The third-order valence-electron chi connectivity index (χ3n) is 2.77. The Kier molecular flexibility index (Phi) is 4.60. The Balaban J connectivity index is 2.13. The van der Waals surface area contributed by atoms with E-state index >= 15 is 0 Å². The van der Waals surface area contributed by atoms with Crippen LogP contribution in [0.5, 0.6) is 0 Å². The third kappa shape index (κ3) is 4.18. The number of carbonyl (C=O) groups excluding carboxylic acids is 1. The summed E-state index contributed by atoms with van der Waals surface area (Å²) in [7, 11) is 0. The zero-order valence-corrected chi connectivity index (χ0v) is 11.2. The molecule has 0 radical (unpaired) electrons. The van der Waals surface area contributed by atoms with Crippen LogP contribution in [-0.2, 0) is 11.0 Å². The van der Waals surface area contributed by atoms with Crippen molar-refractivity contribution in [3.05, 3.63) is 71.6 Å². The van der Waals surface area contributed by atoms with Crippen molar-refractivity contribution in [2.24, 2.45) is 0 Å². The van der Waals surface area contributed by atoms with Crippen molar-refractivity contribution in [3.8, 4) is 0 Å². The monoisotopic (exact) mass is 309 g/mol. The normalized spacial score (nSPS) is 11.6. The summed E-state index contributed by atoms with van der Waals surface area (Å²) in [4.78, 5) is 11.7. The maximum absolute atomic E-state index is 13.0. The average Bonchev–Trinajstić information content (AvgIpc) is 2.45. The van der Waals surface area contributed by atoms with Crippen molar-refractivity contribution >= 4 is 17.7 Å². The Morgan fingerprint density at radius 3 is 2.45 bits per heavy atom. The Bertz CT molecular complexity index is 707. The highest BCUT2D eigenvalue weighted by Gasteiger charge is 2.33. The van der Waals surface area contributed by atoms with Gasteiger partial charge in [-0.3, -0.25) is 4.79 Å². The number of amides is 1. The fraction of sp³-hybridized carbons (Fsp3) is 0.0625. The molecule has 0 saturated heterocycles. The van der Waals surface area contributed by atoms with Gasteiger partial charge in [0, 0.05) is 6.08 Å². The molecule has 2 aromatic carbocycles. The van der Waals surface area contributed by atoms with E-state index < -0.39 is 23.5 Å². The van der Waals surface area contributed by atoms with Crippen LogP contribution in [0.25, 0.3) is 6.08 Å². The van der Waals surface area contributed by atoms with Gasteiger partial charge in [-0.25, -0.2) is 4.39 Å². The van der Waals surface area contributed by atoms with Crippen LogP contribution >= 0.6 is 0 Å². The van der Waals surface area contributed by atoms with Gasteiger partial charge in [0.2, 0.25) is 5.91 Å². The Labute approximate surface area is 124 Å². The van der Waals surface area contributed by atoms with Crippen LogP contribution in [0.4, 0.5) is 23.2 Å². The highest BCUT2D eigenvalue weighted by molar-refractivity contribution is 6.02. The van der Waals surface area contributed by atoms with Crippen molar-refractivity contribution in [1.29, 1.82) is 0 Å². The second kappa shape index (κ2) is 6.43. The number of para-hydroxylation sites is 1. The molecule has 0 heterocycles. The first-order valence-electron chi connectivity index (χ1n) is 6.27. The van der Waals surface area contributed by atoms with Crippen LogP contribution in [0.1, 0.15) is 11.1 Å². The molecule has 0 aliphatic carbocycles. The lowest BCUT2D eigenvalue weighted by atomic mass is 10.1. The Morgan fingerprint density at radius 1 is 1.05 bits per heavy atom. The lowest BCUT2D eigenvalue weighted by Gasteiger charge is -2.12. The lowest BCUT2D eigenvalue weighted by molar-refractivity contribution is -0.136. The summed E-state index contributed by atoms with van der Waals surface area (Å²) in [5.74, 6) is -1.20. The summed E-state index contributed by atoms with van der Waals surface area (Å²) < 4.78 is 51.3. The number of hydrogen-bond donors (Lipinski definition) is 1. The number of hydrogen-bond acceptors (Lipinski definition) is 1. The second-order valence-electron chi connectivity index (χ2n) is 4.42. The number of carbonyl (C=O) groups is 1. The minimum absolute atomic E-state index is 0.330. The van der Waals surface area contributed by atoms with Gasteiger partial charge < -0.3 is 5.32 Å². The van der Waals surface area contributed by atoms with E-state index in [4.69, 9.17) is 0 Å². The molecular weight excluding hydrogens is 298 g/mol. The van der Waals surface area contributed by atoms with Gasteiger partial charge in [0.15, 0.2) is 0 Å². The molecule has 0 aromatic heterocycles. The number of anilines is 1. The summed E-state index contributed by atoms with van der Waals surface area (Å²) in [6, 6.07) is 10.2. The SMILES string of the molecule is O=C(/C=C/c1cccc(F)c1)Nc1ccccc1C(F)(F)F. The second-order valence-corrected chi connectivity index (χ2v) is 4.42. The van der Waals surface area contributed by atoms with Crippen LogP contribution in [0, 0.1) is 5.82 Å². The fourth-order valence-corrected chi connectivity index (χ4v) is 1.80.